The van der Waals surface area contributed by atoms with Crippen LogP contribution in [0.15, 0.2) is 35.0 Å². The molecule has 1 N–H and O–H groups in total. The summed E-state index contributed by atoms with van der Waals surface area (Å²) in [5, 5.41) is 7.65. The first-order valence-corrected chi connectivity index (χ1v) is 9.90. The summed E-state index contributed by atoms with van der Waals surface area (Å²) in [5.74, 6) is -0.0910. The smallest absolute Gasteiger partial charge is 0.255 e. The maximum Gasteiger partial charge on any atom is 0.255 e. The van der Waals surface area contributed by atoms with Crippen LogP contribution in [0.25, 0.3) is 20.3 Å². The van der Waals surface area contributed by atoms with Crippen LogP contribution >= 0.6 is 34.0 Å². The fraction of sp³-hybridized carbons (Fsp3) is 0.250. The van der Waals surface area contributed by atoms with Crippen molar-refractivity contribution in [3.8, 4) is 20.3 Å². The molecular weight excluding hydrogens is 348 g/mol. The van der Waals surface area contributed by atoms with Gasteiger partial charge in [-0.25, -0.2) is 4.98 Å². The van der Waals surface area contributed by atoms with E-state index in [9.17, 15) is 4.79 Å². The van der Waals surface area contributed by atoms with Crippen molar-refractivity contribution in [3.63, 3.8) is 0 Å². The van der Waals surface area contributed by atoms with Crippen molar-refractivity contribution < 1.29 is 9.53 Å². The highest BCUT2D eigenvalue weighted by Crippen LogP contribution is 2.42. The average molecular weight is 363 g/mol. The number of amides is 1. The molecule has 1 saturated heterocycles. The molecule has 0 spiro atoms. The first-order chi connectivity index (χ1) is 11.3. The standard InChI is InChI=1S/C16H14N2O2S3/c19-15(10-4-1-7-20-10)18-16-17-13(11-5-2-8-21-11)14(23-16)12-6-3-9-22-12/h2-3,5-6,8-10H,1,4,7H2,(H,17,18,19). The zero-order valence-corrected chi connectivity index (χ0v) is 14.6. The second kappa shape index (κ2) is 6.52. The lowest BCUT2D eigenvalue weighted by Gasteiger charge is -2.07. The number of ether oxygens (including phenoxy) is 1. The number of nitrogens with one attached hydrogen (secondary N) is 1. The molecule has 23 heavy (non-hydrogen) atoms. The van der Waals surface area contributed by atoms with E-state index in [1.165, 1.54) is 16.2 Å². The molecule has 0 saturated carbocycles. The van der Waals surface area contributed by atoms with Crippen LogP contribution < -0.4 is 5.32 Å². The Kier molecular flexibility index (Phi) is 4.26. The van der Waals surface area contributed by atoms with Gasteiger partial charge in [0.2, 0.25) is 0 Å². The van der Waals surface area contributed by atoms with Gasteiger partial charge in [-0.1, -0.05) is 23.5 Å². The minimum atomic E-state index is -0.339. The fourth-order valence-corrected chi connectivity index (χ4v) is 5.12. The van der Waals surface area contributed by atoms with Crippen LogP contribution in [0.5, 0.6) is 0 Å². The first kappa shape index (κ1) is 15.0. The topological polar surface area (TPSA) is 51.2 Å². The van der Waals surface area contributed by atoms with Crippen molar-refractivity contribution in [3.05, 3.63) is 35.0 Å². The van der Waals surface area contributed by atoms with Crippen LogP contribution in [0.4, 0.5) is 5.13 Å². The fourth-order valence-electron chi connectivity index (χ4n) is 2.50. The molecule has 1 unspecified atom stereocenters. The summed E-state index contributed by atoms with van der Waals surface area (Å²) in [6.45, 7) is 0.664. The average Bonchev–Trinajstić information content (AvgIpc) is 3.30. The number of thiazole rings is 1. The minimum Gasteiger partial charge on any atom is -0.368 e. The van der Waals surface area contributed by atoms with Crippen LogP contribution in [0.2, 0.25) is 0 Å². The van der Waals surface area contributed by atoms with Gasteiger partial charge in [-0.2, -0.15) is 0 Å². The summed E-state index contributed by atoms with van der Waals surface area (Å²) in [6, 6.07) is 8.19. The van der Waals surface area contributed by atoms with Crippen molar-refractivity contribution >= 4 is 45.0 Å². The summed E-state index contributed by atoms with van der Waals surface area (Å²) < 4.78 is 5.44. The molecule has 1 atom stereocenters. The zero-order chi connectivity index (χ0) is 15.6. The SMILES string of the molecule is O=C(Nc1nc(-c2cccs2)c(-c2cccs2)s1)C1CCCO1. The van der Waals surface area contributed by atoms with Crippen molar-refractivity contribution in [2.24, 2.45) is 0 Å². The van der Waals surface area contributed by atoms with E-state index in [0.29, 0.717) is 11.7 Å². The second-order valence-corrected chi connectivity index (χ2v) is 8.04. The van der Waals surface area contributed by atoms with Crippen LogP contribution in [-0.4, -0.2) is 23.6 Å². The molecule has 3 aromatic rings. The molecule has 1 aliphatic heterocycles. The van der Waals surface area contributed by atoms with Gasteiger partial charge < -0.3 is 4.74 Å². The molecule has 1 fully saturated rings. The lowest BCUT2D eigenvalue weighted by atomic mass is 10.2. The largest absolute Gasteiger partial charge is 0.368 e. The molecule has 0 bridgehead atoms. The number of carbonyl (C=O) groups excluding carboxylic acids is 1. The highest BCUT2D eigenvalue weighted by molar-refractivity contribution is 7.24. The Morgan fingerprint density at radius 2 is 2.00 bits per heavy atom. The predicted molar refractivity (Wildman–Crippen MR) is 96.3 cm³/mol. The van der Waals surface area contributed by atoms with Gasteiger partial charge in [0.15, 0.2) is 5.13 Å². The molecule has 0 aliphatic carbocycles. The summed E-state index contributed by atoms with van der Waals surface area (Å²) in [6.07, 6.45) is 1.39. The second-order valence-electron chi connectivity index (χ2n) is 5.14. The molecule has 1 amide bonds. The third kappa shape index (κ3) is 3.10. The Balaban J connectivity index is 1.66. The predicted octanol–water partition coefficient (Wildman–Crippen LogP) is 4.72. The number of hydrogen-bond acceptors (Lipinski definition) is 6. The number of aromatic nitrogens is 1. The van der Waals surface area contributed by atoms with Gasteiger partial charge in [-0.15, -0.1) is 22.7 Å². The van der Waals surface area contributed by atoms with E-state index < -0.39 is 0 Å². The summed E-state index contributed by atoms with van der Waals surface area (Å²) in [4.78, 5) is 20.3. The number of nitrogens with zero attached hydrogens (tertiary/aromatic N) is 1. The summed E-state index contributed by atoms with van der Waals surface area (Å²) >= 11 is 4.86. The van der Waals surface area contributed by atoms with Gasteiger partial charge in [-0.3, -0.25) is 10.1 Å². The van der Waals surface area contributed by atoms with E-state index in [4.69, 9.17) is 4.74 Å². The third-order valence-corrected chi connectivity index (χ3v) is 6.48. The molecule has 0 aromatic carbocycles. The zero-order valence-electron chi connectivity index (χ0n) is 12.2. The monoisotopic (exact) mass is 362 g/mol. The summed E-state index contributed by atoms with van der Waals surface area (Å²) in [5.41, 5.74) is 0.940. The van der Waals surface area contributed by atoms with Gasteiger partial charge in [0.25, 0.3) is 5.91 Å². The van der Waals surface area contributed by atoms with Gasteiger partial charge in [0.1, 0.15) is 11.8 Å². The van der Waals surface area contributed by atoms with Crippen LogP contribution in [0.3, 0.4) is 0 Å². The first-order valence-electron chi connectivity index (χ1n) is 7.32. The molecule has 7 heteroatoms. The number of thiophene rings is 2. The molecule has 3 aromatic heterocycles. The van der Waals surface area contributed by atoms with Gasteiger partial charge >= 0.3 is 0 Å². The molecule has 1 aliphatic rings. The van der Waals surface area contributed by atoms with Gasteiger partial charge in [0, 0.05) is 11.5 Å². The van der Waals surface area contributed by atoms with Crippen LogP contribution in [0.1, 0.15) is 12.8 Å². The summed E-state index contributed by atoms with van der Waals surface area (Å²) in [7, 11) is 0. The Morgan fingerprint density at radius 3 is 2.65 bits per heavy atom. The van der Waals surface area contributed by atoms with Crippen molar-refractivity contribution in [1.82, 2.24) is 4.98 Å². The highest BCUT2D eigenvalue weighted by atomic mass is 32.1. The molecule has 4 heterocycles. The molecule has 0 radical (unpaired) electrons. The van der Waals surface area contributed by atoms with E-state index in [-0.39, 0.29) is 12.0 Å². The Labute approximate surface area is 145 Å². The van der Waals surface area contributed by atoms with Crippen molar-refractivity contribution in [2.45, 2.75) is 18.9 Å². The Bertz CT molecular complexity index is 736. The molecule has 4 rings (SSSR count). The molecule has 4 nitrogen and oxygen atoms in total. The van der Waals surface area contributed by atoms with E-state index in [1.54, 1.807) is 22.7 Å². The van der Waals surface area contributed by atoms with Crippen LogP contribution in [0, 0.1) is 0 Å². The Morgan fingerprint density at radius 1 is 1.22 bits per heavy atom. The van der Waals surface area contributed by atoms with E-state index >= 15 is 0 Å². The van der Waals surface area contributed by atoms with Crippen molar-refractivity contribution in [1.29, 1.82) is 0 Å². The number of hydrogen-bond donors (Lipinski definition) is 1. The molecule has 118 valence electrons. The number of rotatable bonds is 4. The van der Waals surface area contributed by atoms with Gasteiger partial charge in [-0.05, 0) is 35.7 Å². The minimum absolute atomic E-state index is 0.0910. The van der Waals surface area contributed by atoms with Gasteiger partial charge in [0.05, 0.1) is 9.75 Å². The van der Waals surface area contributed by atoms with E-state index in [2.05, 4.69) is 27.8 Å². The van der Waals surface area contributed by atoms with Crippen molar-refractivity contribution in [2.75, 3.05) is 11.9 Å². The lowest BCUT2D eigenvalue weighted by Crippen LogP contribution is -2.26. The maximum atomic E-state index is 12.2. The third-order valence-electron chi connectivity index (χ3n) is 3.58. The van der Waals surface area contributed by atoms with E-state index in [1.807, 2.05) is 17.5 Å². The lowest BCUT2D eigenvalue weighted by molar-refractivity contribution is -0.124. The number of anilines is 1. The Hall–Kier alpha value is -1.54. The van der Waals surface area contributed by atoms with Crippen LogP contribution in [-0.2, 0) is 9.53 Å². The molecular formula is C16H14N2O2S3. The van der Waals surface area contributed by atoms with E-state index in [0.717, 1.165) is 28.3 Å². The quantitative estimate of drug-likeness (QED) is 0.731. The normalized spacial score (nSPS) is 17.5. The highest BCUT2D eigenvalue weighted by Gasteiger charge is 2.25. The number of carbonyl (C=O) groups is 1. The maximum absolute atomic E-state index is 12.2.